The van der Waals surface area contributed by atoms with Crippen LogP contribution in [0.2, 0.25) is 5.02 Å². The maximum absolute atomic E-state index is 15.0. The fourth-order valence-electron chi connectivity index (χ4n) is 3.87. The largest absolute Gasteiger partial charge is 0.480 e. The summed E-state index contributed by atoms with van der Waals surface area (Å²) < 4.78 is 17.4. The second-order valence-corrected chi connectivity index (χ2v) is 7.43. The van der Waals surface area contributed by atoms with Gasteiger partial charge in [0.25, 0.3) is 5.56 Å². The predicted octanol–water partition coefficient (Wildman–Crippen LogP) is 1.74. The van der Waals surface area contributed by atoms with Gasteiger partial charge in [-0.25, -0.2) is 14.2 Å². The molecule has 1 saturated carbocycles. The van der Waals surface area contributed by atoms with E-state index in [4.69, 9.17) is 11.6 Å². The maximum Gasteiger partial charge on any atom is 0.326 e. The minimum Gasteiger partial charge on any atom is -0.480 e. The van der Waals surface area contributed by atoms with E-state index in [2.05, 4.69) is 20.5 Å². The van der Waals surface area contributed by atoms with Gasteiger partial charge >= 0.3 is 5.97 Å². The molecule has 142 valence electrons. The molecule has 2 aromatic heterocycles. The van der Waals surface area contributed by atoms with E-state index in [-0.39, 0.29) is 22.0 Å². The van der Waals surface area contributed by atoms with Crippen molar-refractivity contribution in [1.29, 1.82) is 0 Å². The lowest BCUT2D eigenvalue weighted by Crippen LogP contribution is -2.28. The molecule has 3 aromatic rings. The Balaban J connectivity index is 1.78. The van der Waals surface area contributed by atoms with Gasteiger partial charge in [0.15, 0.2) is 5.82 Å². The van der Waals surface area contributed by atoms with Crippen molar-refractivity contribution in [3.8, 4) is 16.9 Å². The van der Waals surface area contributed by atoms with Crippen molar-refractivity contribution >= 4 is 17.6 Å². The molecule has 9 nitrogen and oxygen atoms in total. The van der Waals surface area contributed by atoms with E-state index in [1.807, 2.05) is 0 Å². The van der Waals surface area contributed by atoms with Gasteiger partial charge in [-0.15, -0.1) is 5.10 Å². The van der Waals surface area contributed by atoms with Crippen LogP contribution >= 0.6 is 11.6 Å². The van der Waals surface area contributed by atoms with Gasteiger partial charge in [-0.1, -0.05) is 11.6 Å². The number of fused-ring (bicyclic) bond motifs is 2. The lowest BCUT2D eigenvalue weighted by atomic mass is 10.0. The molecule has 0 amide bonds. The van der Waals surface area contributed by atoms with Crippen LogP contribution in [0.5, 0.6) is 0 Å². The fourth-order valence-corrected chi connectivity index (χ4v) is 4.03. The minimum absolute atomic E-state index is 0.0186. The molecular weight excluding hydrogens is 391 g/mol. The molecule has 1 N–H and O–H groups in total. The first-order chi connectivity index (χ1) is 13.4. The van der Waals surface area contributed by atoms with E-state index in [0.717, 1.165) is 18.9 Å². The number of nitrogens with zero attached hydrogens (tertiary/aromatic N) is 6. The van der Waals surface area contributed by atoms with E-state index >= 15 is 0 Å². The molecule has 5 rings (SSSR count). The van der Waals surface area contributed by atoms with Crippen molar-refractivity contribution in [1.82, 2.24) is 29.8 Å². The zero-order chi connectivity index (χ0) is 19.6. The molecule has 1 atom stereocenters. The molecule has 1 spiro atoms. The summed E-state index contributed by atoms with van der Waals surface area (Å²) in [5, 5.41) is 20.2. The summed E-state index contributed by atoms with van der Waals surface area (Å²) in [5.74, 6) is -1.46. The fraction of sp³-hybridized carbons (Fsp3) is 0.294. The topological polar surface area (TPSA) is 116 Å². The summed E-state index contributed by atoms with van der Waals surface area (Å²) in [4.78, 5) is 28.9. The summed E-state index contributed by atoms with van der Waals surface area (Å²) in [7, 11) is 0. The summed E-state index contributed by atoms with van der Waals surface area (Å²) in [6.45, 7) is 0. The Morgan fingerprint density at radius 2 is 2.14 bits per heavy atom. The van der Waals surface area contributed by atoms with Crippen molar-refractivity contribution in [2.45, 2.75) is 30.7 Å². The number of aromatic nitrogens is 6. The van der Waals surface area contributed by atoms with E-state index in [1.54, 1.807) is 0 Å². The number of carbonyl (C=O) groups is 1. The van der Waals surface area contributed by atoms with Gasteiger partial charge in [0.05, 0.1) is 22.0 Å². The van der Waals surface area contributed by atoms with Gasteiger partial charge < -0.3 is 5.11 Å². The first-order valence-corrected chi connectivity index (χ1v) is 8.88. The molecule has 1 aliphatic carbocycles. The molecule has 0 saturated heterocycles. The van der Waals surface area contributed by atoms with Crippen LogP contribution in [0.25, 0.3) is 16.9 Å². The molecule has 11 heteroatoms. The number of aliphatic carboxylic acids is 1. The number of halogens is 2. The molecular formula is C17H12ClFN6O3. The summed E-state index contributed by atoms with van der Waals surface area (Å²) >= 11 is 5.96. The van der Waals surface area contributed by atoms with E-state index in [1.165, 1.54) is 27.7 Å². The quantitative estimate of drug-likeness (QED) is 0.709. The molecule has 1 aliphatic heterocycles. The second-order valence-electron chi connectivity index (χ2n) is 7.02. The van der Waals surface area contributed by atoms with Crippen LogP contribution < -0.4 is 5.56 Å². The Morgan fingerprint density at radius 3 is 2.79 bits per heavy atom. The molecule has 3 heterocycles. The number of rotatable bonds is 3. The standard InChI is InChI=1S/C17H12ClFN6O3/c18-8-1-2-10(24-7-20-22-23-24)13(14(8)19)9-5-12(26)25-11(15(27)28)6-17(3-4-17)16(25)21-9/h1-2,5,7,11H,3-4,6H2,(H,27,28)/t11-/m0/s1. The summed E-state index contributed by atoms with van der Waals surface area (Å²) in [5.41, 5.74) is -0.670. The third kappa shape index (κ3) is 2.30. The third-order valence-electron chi connectivity index (χ3n) is 5.39. The van der Waals surface area contributed by atoms with Crippen LogP contribution in [0.4, 0.5) is 4.39 Å². The molecule has 0 radical (unpaired) electrons. The van der Waals surface area contributed by atoms with Crippen molar-refractivity contribution < 1.29 is 14.3 Å². The van der Waals surface area contributed by atoms with Gasteiger partial charge in [0, 0.05) is 11.5 Å². The number of carboxylic acid groups (broad SMARTS) is 1. The number of carboxylic acids is 1. The van der Waals surface area contributed by atoms with Crippen LogP contribution in [0, 0.1) is 5.82 Å². The molecule has 0 bridgehead atoms. The van der Waals surface area contributed by atoms with E-state index < -0.39 is 28.8 Å². The van der Waals surface area contributed by atoms with Gasteiger partial charge in [0.2, 0.25) is 0 Å². The average molecular weight is 403 g/mol. The van der Waals surface area contributed by atoms with Crippen molar-refractivity contribution in [2.24, 2.45) is 0 Å². The maximum atomic E-state index is 15.0. The first-order valence-electron chi connectivity index (χ1n) is 8.50. The predicted molar refractivity (Wildman–Crippen MR) is 93.8 cm³/mol. The number of hydrogen-bond acceptors (Lipinski definition) is 6. The zero-order valence-electron chi connectivity index (χ0n) is 14.2. The Kier molecular flexibility index (Phi) is 3.45. The molecule has 0 unspecified atom stereocenters. The van der Waals surface area contributed by atoms with E-state index in [9.17, 15) is 19.1 Å². The molecule has 28 heavy (non-hydrogen) atoms. The number of tetrazole rings is 1. The monoisotopic (exact) mass is 402 g/mol. The summed E-state index contributed by atoms with van der Waals surface area (Å²) in [6, 6.07) is 3.05. The van der Waals surface area contributed by atoms with Crippen LogP contribution in [-0.4, -0.2) is 40.8 Å². The van der Waals surface area contributed by atoms with Crippen LogP contribution in [0.3, 0.4) is 0 Å². The van der Waals surface area contributed by atoms with E-state index in [0.29, 0.717) is 12.2 Å². The lowest BCUT2D eigenvalue weighted by molar-refractivity contribution is -0.140. The second kappa shape index (κ2) is 5.68. The third-order valence-corrected chi connectivity index (χ3v) is 5.68. The lowest BCUT2D eigenvalue weighted by Gasteiger charge is -2.14. The average Bonchev–Trinajstić information content (AvgIpc) is 3.09. The van der Waals surface area contributed by atoms with Crippen LogP contribution in [0.1, 0.15) is 31.1 Å². The Labute approximate surface area is 161 Å². The van der Waals surface area contributed by atoms with Gasteiger partial charge in [-0.2, -0.15) is 4.68 Å². The van der Waals surface area contributed by atoms with Crippen molar-refractivity contribution in [3.05, 3.63) is 51.5 Å². The first kappa shape index (κ1) is 17.0. The van der Waals surface area contributed by atoms with Gasteiger partial charge in [-0.3, -0.25) is 9.36 Å². The van der Waals surface area contributed by atoms with Crippen LogP contribution in [-0.2, 0) is 10.2 Å². The van der Waals surface area contributed by atoms with Crippen molar-refractivity contribution in [3.63, 3.8) is 0 Å². The summed E-state index contributed by atoms with van der Waals surface area (Å²) in [6.07, 6.45) is 3.08. The Bertz CT molecular complexity index is 1190. The normalized spacial score (nSPS) is 19.0. The van der Waals surface area contributed by atoms with Gasteiger partial charge in [0.1, 0.15) is 18.2 Å². The highest BCUT2D eigenvalue weighted by molar-refractivity contribution is 6.31. The highest BCUT2D eigenvalue weighted by atomic mass is 35.5. The molecule has 2 aliphatic rings. The SMILES string of the molecule is O=C(O)[C@@H]1CC2(CC2)c2nc(-c3c(-n4cnnn4)ccc(Cl)c3F)cc(=O)n21. The Hall–Kier alpha value is -3.14. The number of benzene rings is 1. The highest BCUT2D eigenvalue weighted by Crippen LogP contribution is 2.57. The van der Waals surface area contributed by atoms with Crippen molar-refractivity contribution in [2.75, 3.05) is 0 Å². The smallest absolute Gasteiger partial charge is 0.326 e. The molecule has 1 aromatic carbocycles. The number of hydrogen-bond donors (Lipinski definition) is 1. The van der Waals surface area contributed by atoms with Gasteiger partial charge in [-0.05, 0) is 41.8 Å². The highest BCUT2D eigenvalue weighted by Gasteiger charge is 2.56. The van der Waals surface area contributed by atoms with Crippen LogP contribution in [0.15, 0.2) is 29.3 Å². The Morgan fingerprint density at radius 1 is 1.36 bits per heavy atom. The minimum atomic E-state index is -1.08. The molecule has 1 fully saturated rings. The zero-order valence-corrected chi connectivity index (χ0v) is 15.0.